The van der Waals surface area contributed by atoms with E-state index in [1.165, 1.54) is 0 Å². The number of ether oxygens (including phenoxy) is 1. The van der Waals surface area contributed by atoms with E-state index in [1.807, 2.05) is 55.6 Å². The molecule has 0 saturated heterocycles. The van der Waals surface area contributed by atoms with Crippen molar-refractivity contribution in [3.05, 3.63) is 71.1 Å². The quantitative estimate of drug-likeness (QED) is 0.664. The summed E-state index contributed by atoms with van der Waals surface area (Å²) >= 11 is 6.02. The Labute approximate surface area is 157 Å². The molecule has 1 unspecified atom stereocenters. The van der Waals surface area contributed by atoms with Crippen molar-refractivity contribution in [2.24, 2.45) is 0 Å². The third kappa shape index (κ3) is 3.73. The molecular weight excluding hydrogens is 348 g/mol. The molecule has 0 spiro atoms. The lowest BCUT2D eigenvalue weighted by Gasteiger charge is -2.27. The first kappa shape index (κ1) is 16.7. The molecule has 2 heterocycles. The van der Waals surface area contributed by atoms with Gasteiger partial charge in [-0.05, 0) is 43.7 Å². The number of fused-ring (bicyclic) bond motifs is 1. The van der Waals surface area contributed by atoms with Crippen molar-refractivity contribution in [1.29, 1.82) is 0 Å². The molecule has 2 N–H and O–H groups in total. The van der Waals surface area contributed by atoms with E-state index < -0.39 is 0 Å². The van der Waals surface area contributed by atoms with Crippen LogP contribution in [0.1, 0.15) is 23.9 Å². The van der Waals surface area contributed by atoms with E-state index in [4.69, 9.17) is 16.3 Å². The van der Waals surface area contributed by atoms with E-state index in [9.17, 15) is 0 Å². The molecule has 0 saturated carbocycles. The molecule has 5 nitrogen and oxygen atoms in total. The Balaban J connectivity index is 1.53. The predicted molar refractivity (Wildman–Crippen MR) is 104 cm³/mol. The van der Waals surface area contributed by atoms with Gasteiger partial charge in [0, 0.05) is 35.1 Å². The van der Waals surface area contributed by atoms with E-state index in [-0.39, 0.29) is 6.04 Å². The Morgan fingerprint density at radius 2 is 1.96 bits per heavy atom. The molecule has 1 aromatic heterocycles. The predicted octanol–water partition coefficient (Wildman–Crippen LogP) is 5.20. The Morgan fingerprint density at radius 3 is 2.81 bits per heavy atom. The van der Waals surface area contributed by atoms with Crippen molar-refractivity contribution in [2.45, 2.75) is 19.4 Å². The zero-order chi connectivity index (χ0) is 17.9. The first-order valence-electron chi connectivity index (χ1n) is 8.55. The summed E-state index contributed by atoms with van der Waals surface area (Å²) < 4.78 is 5.91. The van der Waals surface area contributed by atoms with Gasteiger partial charge >= 0.3 is 0 Å². The van der Waals surface area contributed by atoms with Crippen LogP contribution >= 0.6 is 11.6 Å². The summed E-state index contributed by atoms with van der Waals surface area (Å²) in [5.74, 6) is 3.15. The maximum atomic E-state index is 6.02. The number of halogens is 1. The number of nitrogens with one attached hydrogen (secondary N) is 2. The Morgan fingerprint density at radius 1 is 1.15 bits per heavy atom. The highest BCUT2D eigenvalue weighted by Gasteiger charge is 2.21. The number of rotatable bonds is 4. The summed E-state index contributed by atoms with van der Waals surface area (Å²) in [7, 11) is 0. The number of aryl methyl sites for hydroxylation is 1. The van der Waals surface area contributed by atoms with Gasteiger partial charge in [0.1, 0.15) is 23.1 Å². The van der Waals surface area contributed by atoms with Crippen LogP contribution in [0.2, 0.25) is 5.02 Å². The summed E-state index contributed by atoms with van der Waals surface area (Å²) in [5, 5.41) is 7.56. The average molecular weight is 367 g/mol. The Bertz CT molecular complexity index is 931. The highest BCUT2D eigenvalue weighted by Crippen LogP contribution is 2.32. The van der Waals surface area contributed by atoms with Gasteiger partial charge < -0.3 is 15.4 Å². The van der Waals surface area contributed by atoms with Crippen LogP contribution in [0.4, 0.5) is 11.5 Å². The zero-order valence-corrected chi connectivity index (χ0v) is 15.1. The summed E-state index contributed by atoms with van der Waals surface area (Å²) in [4.78, 5) is 8.83. The van der Waals surface area contributed by atoms with E-state index >= 15 is 0 Å². The SMILES string of the molecule is Cc1ncc2c(n1)NCCC2Nc1cccc(Oc2cccc(Cl)c2)c1. The Kier molecular flexibility index (Phi) is 4.63. The van der Waals surface area contributed by atoms with Gasteiger partial charge in [-0.1, -0.05) is 23.7 Å². The molecule has 3 aromatic rings. The summed E-state index contributed by atoms with van der Waals surface area (Å²) in [6, 6.07) is 15.4. The number of nitrogens with zero attached hydrogens (tertiary/aromatic N) is 2. The van der Waals surface area contributed by atoms with Crippen molar-refractivity contribution in [3.63, 3.8) is 0 Å². The standard InChI is InChI=1S/C20H19ClN4O/c1-13-23-12-18-19(8-9-22-20(18)24-13)25-15-5-3-7-17(11-15)26-16-6-2-4-14(21)10-16/h2-7,10-12,19,25H,8-9H2,1H3,(H,22,23,24). The second kappa shape index (κ2) is 7.22. The molecule has 26 heavy (non-hydrogen) atoms. The summed E-state index contributed by atoms with van der Waals surface area (Å²) in [6.45, 7) is 2.77. The van der Waals surface area contributed by atoms with Gasteiger partial charge in [0.2, 0.25) is 0 Å². The summed E-state index contributed by atoms with van der Waals surface area (Å²) in [6.07, 6.45) is 2.85. The molecule has 6 heteroatoms. The highest BCUT2D eigenvalue weighted by atomic mass is 35.5. The maximum absolute atomic E-state index is 6.02. The highest BCUT2D eigenvalue weighted by molar-refractivity contribution is 6.30. The molecule has 0 aliphatic carbocycles. The first-order chi connectivity index (χ1) is 12.7. The van der Waals surface area contributed by atoms with Crippen LogP contribution in [-0.2, 0) is 0 Å². The third-order valence-electron chi connectivity index (χ3n) is 4.25. The number of hydrogen-bond donors (Lipinski definition) is 2. The van der Waals surface area contributed by atoms with Crippen LogP contribution in [-0.4, -0.2) is 16.5 Å². The largest absolute Gasteiger partial charge is 0.457 e. The van der Waals surface area contributed by atoms with Crippen LogP contribution < -0.4 is 15.4 Å². The molecule has 1 aliphatic rings. The lowest BCUT2D eigenvalue weighted by atomic mass is 10.0. The van der Waals surface area contributed by atoms with Gasteiger partial charge in [-0.15, -0.1) is 0 Å². The second-order valence-corrected chi connectivity index (χ2v) is 6.66. The van der Waals surface area contributed by atoms with Crippen molar-refractivity contribution >= 4 is 23.1 Å². The molecule has 132 valence electrons. The van der Waals surface area contributed by atoms with Crippen molar-refractivity contribution in [2.75, 3.05) is 17.2 Å². The monoisotopic (exact) mass is 366 g/mol. The number of anilines is 2. The molecule has 1 atom stereocenters. The fourth-order valence-electron chi connectivity index (χ4n) is 3.03. The van der Waals surface area contributed by atoms with E-state index in [0.717, 1.165) is 41.6 Å². The normalized spacial score (nSPS) is 15.7. The molecule has 1 aliphatic heterocycles. The second-order valence-electron chi connectivity index (χ2n) is 6.22. The zero-order valence-electron chi connectivity index (χ0n) is 14.4. The lowest BCUT2D eigenvalue weighted by Crippen LogP contribution is -2.23. The Hall–Kier alpha value is -2.79. The minimum atomic E-state index is 0.160. The smallest absolute Gasteiger partial charge is 0.134 e. The molecule has 0 bridgehead atoms. The number of aromatic nitrogens is 2. The van der Waals surface area contributed by atoms with Gasteiger partial charge in [-0.2, -0.15) is 0 Å². The van der Waals surface area contributed by atoms with Crippen LogP contribution in [0.5, 0.6) is 11.5 Å². The molecule has 0 amide bonds. The fourth-order valence-corrected chi connectivity index (χ4v) is 3.21. The van der Waals surface area contributed by atoms with Crippen LogP contribution in [0.25, 0.3) is 0 Å². The van der Waals surface area contributed by atoms with Gasteiger partial charge in [-0.25, -0.2) is 9.97 Å². The van der Waals surface area contributed by atoms with Gasteiger partial charge in [0.25, 0.3) is 0 Å². The van der Waals surface area contributed by atoms with Crippen molar-refractivity contribution in [3.8, 4) is 11.5 Å². The van der Waals surface area contributed by atoms with E-state index in [0.29, 0.717) is 10.8 Å². The van der Waals surface area contributed by atoms with Crippen molar-refractivity contribution in [1.82, 2.24) is 9.97 Å². The lowest BCUT2D eigenvalue weighted by molar-refractivity contribution is 0.483. The minimum absolute atomic E-state index is 0.160. The number of hydrogen-bond acceptors (Lipinski definition) is 5. The molecular formula is C20H19ClN4O. The average Bonchev–Trinajstić information content (AvgIpc) is 2.62. The molecule has 4 rings (SSSR count). The van der Waals surface area contributed by atoms with Crippen LogP contribution in [0, 0.1) is 6.92 Å². The van der Waals surface area contributed by atoms with Gasteiger partial charge in [0.05, 0.1) is 6.04 Å². The van der Waals surface area contributed by atoms with Gasteiger partial charge in [0.15, 0.2) is 0 Å². The first-order valence-corrected chi connectivity index (χ1v) is 8.92. The minimum Gasteiger partial charge on any atom is -0.457 e. The third-order valence-corrected chi connectivity index (χ3v) is 4.48. The molecule has 2 aromatic carbocycles. The molecule has 0 radical (unpaired) electrons. The van der Waals surface area contributed by atoms with Crippen LogP contribution in [0.3, 0.4) is 0 Å². The van der Waals surface area contributed by atoms with Crippen molar-refractivity contribution < 1.29 is 4.74 Å². The summed E-state index contributed by atoms with van der Waals surface area (Å²) in [5.41, 5.74) is 2.07. The van der Waals surface area contributed by atoms with Gasteiger partial charge in [-0.3, -0.25) is 0 Å². The molecule has 0 fully saturated rings. The van der Waals surface area contributed by atoms with E-state index in [1.54, 1.807) is 6.07 Å². The van der Waals surface area contributed by atoms with E-state index in [2.05, 4.69) is 20.6 Å². The number of benzene rings is 2. The fraction of sp³-hybridized carbons (Fsp3) is 0.200. The van der Waals surface area contributed by atoms with Crippen LogP contribution in [0.15, 0.2) is 54.7 Å². The topological polar surface area (TPSA) is 59.1 Å². The maximum Gasteiger partial charge on any atom is 0.134 e.